The van der Waals surface area contributed by atoms with E-state index in [1.807, 2.05) is 19.9 Å². The normalized spacial score (nSPS) is 14.7. The maximum Gasteiger partial charge on any atom is 0.206 e. The van der Waals surface area contributed by atoms with E-state index in [0.29, 0.717) is 0 Å². The highest BCUT2D eigenvalue weighted by molar-refractivity contribution is 7.95. The molecule has 1 rings (SSSR count). The molecule has 0 aliphatic rings. The van der Waals surface area contributed by atoms with Crippen LogP contribution in [0.5, 0.6) is 0 Å². The molecule has 1 aromatic rings. The molecule has 0 heterocycles. The molecule has 1 aromatic carbocycles. The van der Waals surface area contributed by atoms with E-state index in [4.69, 9.17) is 0 Å². The summed E-state index contributed by atoms with van der Waals surface area (Å²) in [5.74, 6) is 0. The standard InChI is InChI=1S/C16H22O3S/c1-4-5-6-7-16(12-14(3)17)20(18,19)15-10-8-13(2)9-11-15/h6-12,14,17H,4-5H2,1-3H3/t14-/m0/s1. The summed E-state index contributed by atoms with van der Waals surface area (Å²) >= 11 is 0. The van der Waals surface area contributed by atoms with Gasteiger partial charge in [0, 0.05) is 0 Å². The number of aryl methyl sites for hydroxylation is 1. The van der Waals surface area contributed by atoms with Gasteiger partial charge < -0.3 is 5.11 Å². The minimum atomic E-state index is -3.58. The summed E-state index contributed by atoms with van der Waals surface area (Å²) < 4.78 is 25.1. The Morgan fingerprint density at radius 3 is 2.40 bits per heavy atom. The van der Waals surface area contributed by atoms with Gasteiger partial charge in [0.1, 0.15) is 0 Å². The molecule has 110 valence electrons. The van der Waals surface area contributed by atoms with Gasteiger partial charge >= 0.3 is 0 Å². The van der Waals surface area contributed by atoms with Gasteiger partial charge in [0.05, 0.1) is 15.9 Å². The third kappa shape index (κ3) is 4.62. The van der Waals surface area contributed by atoms with Crippen LogP contribution in [0.25, 0.3) is 0 Å². The lowest BCUT2D eigenvalue weighted by molar-refractivity contribution is 0.244. The van der Waals surface area contributed by atoms with Gasteiger partial charge in [0.15, 0.2) is 0 Å². The summed E-state index contributed by atoms with van der Waals surface area (Å²) in [4.78, 5) is 0.390. The first kappa shape index (κ1) is 16.7. The van der Waals surface area contributed by atoms with E-state index in [1.165, 1.54) is 6.08 Å². The maximum atomic E-state index is 12.5. The number of sulfone groups is 1. The van der Waals surface area contributed by atoms with E-state index in [9.17, 15) is 13.5 Å². The van der Waals surface area contributed by atoms with Crippen molar-refractivity contribution in [3.05, 3.63) is 53.0 Å². The summed E-state index contributed by atoms with van der Waals surface area (Å²) in [6, 6.07) is 6.72. The van der Waals surface area contributed by atoms with Crippen molar-refractivity contribution in [2.24, 2.45) is 0 Å². The van der Waals surface area contributed by atoms with Gasteiger partial charge in [-0.2, -0.15) is 0 Å². The molecule has 0 aliphatic carbocycles. The first-order valence-corrected chi connectivity index (χ1v) is 8.24. The Labute approximate surface area is 121 Å². The van der Waals surface area contributed by atoms with E-state index in [-0.39, 0.29) is 9.80 Å². The second kappa shape index (κ2) is 7.41. The van der Waals surface area contributed by atoms with Crippen molar-refractivity contribution in [2.45, 2.75) is 44.6 Å². The predicted octanol–water partition coefficient (Wildman–Crippen LogP) is 3.39. The van der Waals surface area contributed by atoms with Gasteiger partial charge in [-0.3, -0.25) is 0 Å². The van der Waals surface area contributed by atoms with Crippen molar-refractivity contribution < 1.29 is 13.5 Å². The van der Waals surface area contributed by atoms with Crippen LogP contribution in [-0.2, 0) is 9.84 Å². The van der Waals surface area contributed by atoms with Crippen LogP contribution < -0.4 is 0 Å². The highest BCUT2D eigenvalue weighted by Gasteiger charge is 2.18. The molecular formula is C16H22O3S. The fourth-order valence-corrected chi connectivity index (χ4v) is 3.11. The van der Waals surface area contributed by atoms with Crippen LogP contribution in [0.2, 0.25) is 0 Å². The van der Waals surface area contributed by atoms with E-state index in [0.717, 1.165) is 18.4 Å². The van der Waals surface area contributed by atoms with Gasteiger partial charge in [-0.15, -0.1) is 0 Å². The molecule has 0 unspecified atom stereocenters. The molecule has 4 heteroatoms. The number of allylic oxidation sites excluding steroid dienone is 2. The van der Waals surface area contributed by atoms with E-state index in [1.54, 1.807) is 37.3 Å². The number of hydrogen-bond acceptors (Lipinski definition) is 3. The fraction of sp³-hybridized carbons (Fsp3) is 0.375. The Kier molecular flexibility index (Phi) is 6.17. The number of aliphatic hydroxyl groups excluding tert-OH is 1. The van der Waals surface area contributed by atoms with Crippen LogP contribution in [0.1, 0.15) is 32.3 Å². The molecule has 0 fully saturated rings. The number of hydrogen-bond donors (Lipinski definition) is 1. The van der Waals surface area contributed by atoms with Gasteiger partial charge in [-0.25, -0.2) is 8.42 Å². The van der Waals surface area contributed by atoms with Crippen LogP contribution in [-0.4, -0.2) is 19.6 Å². The van der Waals surface area contributed by atoms with E-state index >= 15 is 0 Å². The van der Waals surface area contributed by atoms with Crippen molar-refractivity contribution in [1.29, 1.82) is 0 Å². The molecule has 20 heavy (non-hydrogen) atoms. The van der Waals surface area contributed by atoms with Crippen LogP contribution >= 0.6 is 0 Å². The lowest BCUT2D eigenvalue weighted by atomic mass is 10.2. The third-order valence-electron chi connectivity index (χ3n) is 2.78. The van der Waals surface area contributed by atoms with Crippen molar-refractivity contribution in [2.75, 3.05) is 0 Å². The quantitative estimate of drug-likeness (QED) is 0.818. The van der Waals surface area contributed by atoms with Gasteiger partial charge in [-0.1, -0.05) is 37.1 Å². The van der Waals surface area contributed by atoms with Crippen molar-refractivity contribution in [1.82, 2.24) is 0 Å². The zero-order valence-corrected chi connectivity index (χ0v) is 13.0. The summed E-state index contributed by atoms with van der Waals surface area (Å²) in [5.41, 5.74) is 1.01. The highest BCUT2D eigenvalue weighted by Crippen LogP contribution is 2.21. The van der Waals surface area contributed by atoms with Crippen LogP contribution in [0.4, 0.5) is 0 Å². The predicted molar refractivity (Wildman–Crippen MR) is 82.2 cm³/mol. The number of rotatable bonds is 6. The molecule has 0 saturated carbocycles. The molecule has 0 spiro atoms. The third-order valence-corrected chi connectivity index (χ3v) is 4.57. The van der Waals surface area contributed by atoms with Crippen LogP contribution in [0, 0.1) is 6.92 Å². The average Bonchev–Trinajstić information content (AvgIpc) is 2.38. The molecule has 0 saturated heterocycles. The molecule has 0 aliphatic heterocycles. The largest absolute Gasteiger partial charge is 0.389 e. The topological polar surface area (TPSA) is 54.4 Å². The molecule has 0 aromatic heterocycles. The molecule has 1 N–H and O–H groups in total. The SMILES string of the molecule is CCCC=CC(=C[C@H](C)O)S(=O)(=O)c1ccc(C)cc1. The van der Waals surface area contributed by atoms with Gasteiger partial charge in [0.25, 0.3) is 0 Å². The molecule has 0 radical (unpaired) electrons. The second-order valence-electron chi connectivity index (χ2n) is 4.82. The molecule has 0 bridgehead atoms. The van der Waals surface area contributed by atoms with Crippen LogP contribution in [0.3, 0.4) is 0 Å². The summed E-state index contributed by atoms with van der Waals surface area (Å²) in [6.07, 6.45) is 5.70. The molecule has 3 nitrogen and oxygen atoms in total. The van der Waals surface area contributed by atoms with Crippen LogP contribution in [0.15, 0.2) is 52.3 Å². The maximum absolute atomic E-state index is 12.5. The average molecular weight is 294 g/mol. The van der Waals surface area contributed by atoms with Gasteiger partial charge in [-0.05, 0) is 44.6 Å². The first-order valence-electron chi connectivity index (χ1n) is 6.76. The van der Waals surface area contributed by atoms with E-state index in [2.05, 4.69) is 0 Å². The summed E-state index contributed by atoms with van der Waals surface area (Å²) in [6.45, 7) is 5.47. The Bertz CT molecular complexity index is 579. The summed E-state index contributed by atoms with van der Waals surface area (Å²) in [5, 5.41) is 9.46. The number of benzene rings is 1. The van der Waals surface area contributed by atoms with Gasteiger partial charge in [0.2, 0.25) is 9.84 Å². The smallest absolute Gasteiger partial charge is 0.206 e. The lowest BCUT2D eigenvalue weighted by Gasteiger charge is -2.07. The number of aliphatic hydroxyl groups is 1. The minimum absolute atomic E-state index is 0.143. The van der Waals surface area contributed by atoms with Crippen molar-refractivity contribution >= 4 is 9.84 Å². The second-order valence-corrected chi connectivity index (χ2v) is 6.77. The number of unbranched alkanes of at least 4 members (excludes halogenated alkanes) is 1. The molecule has 0 amide bonds. The zero-order chi connectivity index (χ0) is 15.2. The Morgan fingerprint density at radius 1 is 1.30 bits per heavy atom. The fourth-order valence-electron chi connectivity index (χ4n) is 1.69. The highest BCUT2D eigenvalue weighted by atomic mass is 32.2. The first-order chi connectivity index (χ1) is 9.37. The lowest BCUT2D eigenvalue weighted by Crippen LogP contribution is -2.07. The monoisotopic (exact) mass is 294 g/mol. The molecule has 1 atom stereocenters. The summed E-state index contributed by atoms with van der Waals surface area (Å²) in [7, 11) is -3.58. The Balaban J connectivity index is 3.21. The Hall–Kier alpha value is -1.39. The molecular weight excluding hydrogens is 272 g/mol. The van der Waals surface area contributed by atoms with Crippen molar-refractivity contribution in [3.8, 4) is 0 Å². The zero-order valence-electron chi connectivity index (χ0n) is 12.2. The minimum Gasteiger partial charge on any atom is -0.389 e. The Morgan fingerprint density at radius 2 is 1.90 bits per heavy atom. The van der Waals surface area contributed by atoms with Crippen molar-refractivity contribution in [3.63, 3.8) is 0 Å². The van der Waals surface area contributed by atoms with E-state index < -0.39 is 15.9 Å².